The number of nitrogens with zero attached hydrogens (tertiary/aromatic N) is 1. The molecular weight excluding hydrogens is 358 g/mol. The van der Waals surface area contributed by atoms with E-state index in [1.807, 2.05) is 25.1 Å². The van der Waals surface area contributed by atoms with Crippen LogP contribution in [0.5, 0.6) is 0 Å². The van der Waals surface area contributed by atoms with Gasteiger partial charge in [-0.3, -0.25) is 0 Å². The predicted octanol–water partition coefficient (Wildman–Crippen LogP) is 4.52. The van der Waals surface area contributed by atoms with Gasteiger partial charge in [0.15, 0.2) is 0 Å². The maximum absolute atomic E-state index is 13.3. The molecule has 0 saturated heterocycles. The summed E-state index contributed by atoms with van der Waals surface area (Å²) in [4.78, 5) is 0.209. The van der Waals surface area contributed by atoms with Crippen LogP contribution in [0.3, 0.4) is 0 Å². The van der Waals surface area contributed by atoms with E-state index in [1.165, 1.54) is 4.31 Å². The van der Waals surface area contributed by atoms with Gasteiger partial charge in [0, 0.05) is 5.70 Å². The fourth-order valence-electron chi connectivity index (χ4n) is 3.39. The van der Waals surface area contributed by atoms with Crippen molar-refractivity contribution in [1.82, 2.24) is 0 Å². The zero-order chi connectivity index (χ0) is 19.6. The number of benzene rings is 2. The van der Waals surface area contributed by atoms with Crippen LogP contribution in [-0.4, -0.2) is 19.6 Å². The number of allylic oxidation sites excluding steroid dienone is 1. The van der Waals surface area contributed by atoms with Gasteiger partial charge >= 0.3 is 0 Å². The molecule has 1 heterocycles. The topological polar surface area (TPSA) is 57.6 Å². The molecule has 5 heteroatoms. The lowest BCUT2D eigenvalue weighted by atomic mass is 9.93. The van der Waals surface area contributed by atoms with E-state index in [4.69, 9.17) is 0 Å². The highest BCUT2D eigenvalue weighted by Crippen LogP contribution is 2.47. The first kappa shape index (κ1) is 19.4. The summed E-state index contributed by atoms with van der Waals surface area (Å²) >= 11 is 0. The Kier molecular flexibility index (Phi) is 5.53. The standard InChI is InChI=1S/C22H25NO3S/c1-4-5-6-11-21(24)22-17(3)23(20-10-8-7-9-19(20)22)27(25,26)18-14-12-16(2)13-15-18/h6-15,21-22,24H,3-5H2,1-2H3/b11-6+/t21-,22-/m1/s1. The molecule has 0 unspecified atom stereocenters. The molecule has 0 aromatic heterocycles. The molecule has 2 aromatic carbocycles. The van der Waals surface area contributed by atoms with E-state index in [-0.39, 0.29) is 4.90 Å². The van der Waals surface area contributed by atoms with E-state index in [9.17, 15) is 13.5 Å². The maximum atomic E-state index is 13.3. The summed E-state index contributed by atoms with van der Waals surface area (Å²) in [5.41, 5.74) is 2.68. The zero-order valence-corrected chi connectivity index (χ0v) is 16.5. The normalized spacial score (nSPS) is 18.1. The molecule has 0 amide bonds. The Morgan fingerprint density at radius 2 is 1.85 bits per heavy atom. The van der Waals surface area contributed by atoms with Crippen LogP contribution in [0.1, 0.15) is 36.8 Å². The summed E-state index contributed by atoms with van der Waals surface area (Å²) in [7, 11) is -3.81. The highest BCUT2D eigenvalue weighted by Gasteiger charge is 2.42. The first-order valence-corrected chi connectivity index (χ1v) is 10.6. The van der Waals surface area contributed by atoms with Gasteiger partial charge in [0.1, 0.15) is 0 Å². The predicted molar refractivity (Wildman–Crippen MR) is 109 cm³/mol. The van der Waals surface area contributed by atoms with Crippen molar-refractivity contribution in [2.75, 3.05) is 4.31 Å². The summed E-state index contributed by atoms with van der Waals surface area (Å²) in [6, 6.07) is 14.0. The van der Waals surface area contributed by atoms with Crippen LogP contribution in [0, 0.1) is 6.92 Å². The molecule has 0 aliphatic carbocycles. The smallest absolute Gasteiger partial charge is 0.268 e. The van der Waals surface area contributed by atoms with Gasteiger partial charge in [-0.05, 0) is 37.1 Å². The number of unbranched alkanes of at least 4 members (excludes halogenated alkanes) is 1. The lowest BCUT2D eigenvalue weighted by Crippen LogP contribution is -2.29. The Labute approximate surface area is 161 Å². The van der Waals surface area contributed by atoms with E-state index >= 15 is 0 Å². The average Bonchev–Trinajstić information content (AvgIpc) is 2.94. The van der Waals surface area contributed by atoms with Crippen LogP contribution in [0.25, 0.3) is 0 Å². The number of aryl methyl sites for hydroxylation is 1. The van der Waals surface area contributed by atoms with E-state index in [2.05, 4.69) is 13.5 Å². The molecule has 4 nitrogen and oxygen atoms in total. The van der Waals surface area contributed by atoms with E-state index in [1.54, 1.807) is 42.5 Å². The second-order valence-corrected chi connectivity index (χ2v) is 8.60. The second kappa shape index (κ2) is 7.71. The number of fused-ring (bicyclic) bond motifs is 1. The summed E-state index contributed by atoms with van der Waals surface area (Å²) in [6.07, 6.45) is 4.68. The van der Waals surface area contributed by atoms with Crippen LogP contribution < -0.4 is 4.31 Å². The minimum Gasteiger partial charge on any atom is -0.388 e. The van der Waals surface area contributed by atoms with Crippen molar-refractivity contribution in [3.63, 3.8) is 0 Å². The van der Waals surface area contributed by atoms with Crippen molar-refractivity contribution in [2.45, 2.75) is 43.6 Å². The Balaban J connectivity index is 2.05. The van der Waals surface area contributed by atoms with Crippen molar-refractivity contribution in [2.24, 2.45) is 0 Å². The molecule has 1 aliphatic heterocycles. The summed E-state index contributed by atoms with van der Waals surface area (Å²) in [5.74, 6) is -0.491. The fourth-order valence-corrected chi connectivity index (χ4v) is 4.93. The van der Waals surface area contributed by atoms with Crippen molar-refractivity contribution in [3.05, 3.63) is 84.1 Å². The molecule has 1 N–H and O–H groups in total. The molecule has 2 aromatic rings. The number of aliphatic hydroxyl groups is 1. The van der Waals surface area contributed by atoms with Crippen molar-refractivity contribution < 1.29 is 13.5 Å². The molecule has 0 radical (unpaired) electrons. The number of para-hydroxylation sites is 1. The number of hydrogen-bond donors (Lipinski definition) is 1. The summed E-state index contributed by atoms with van der Waals surface area (Å²) in [6.45, 7) is 8.02. The molecule has 1 aliphatic rings. The van der Waals surface area contributed by atoms with Gasteiger partial charge in [0.25, 0.3) is 10.0 Å². The Bertz CT molecular complexity index is 961. The lowest BCUT2D eigenvalue weighted by Gasteiger charge is -2.23. The highest BCUT2D eigenvalue weighted by molar-refractivity contribution is 7.93. The van der Waals surface area contributed by atoms with Gasteiger partial charge in [-0.1, -0.05) is 68.0 Å². The van der Waals surface area contributed by atoms with Gasteiger partial charge in [-0.15, -0.1) is 0 Å². The zero-order valence-electron chi connectivity index (χ0n) is 15.7. The third-order valence-corrected chi connectivity index (χ3v) is 6.58. The maximum Gasteiger partial charge on any atom is 0.268 e. The van der Waals surface area contributed by atoms with Gasteiger partial charge in [-0.2, -0.15) is 0 Å². The van der Waals surface area contributed by atoms with E-state index < -0.39 is 22.0 Å². The number of hydrogen-bond acceptors (Lipinski definition) is 3. The Morgan fingerprint density at radius 3 is 2.52 bits per heavy atom. The minimum absolute atomic E-state index is 0.209. The van der Waals surface area contributed by atoms with Gasteiger partial charge in [0.2, 0.25) is 0 Å². The number of aliphatic hydroxyl groups excluding tert-OH is 1. The molecule has 3 rings (SSSR count). The van der Waals surface area contributed by atoms with Crippen LogP contribution in [0.15, 0.2) is 77.9 Å². The molecule has 0 bridgehead atoms. The van der Waals surface area contributed by atoms with Gasteiger partial charge < -0.3 is 5.11 Å². The number of rotatable bonds is 6. The van der Waals surface area contributed by atoms with Crippen molar-refractivity contribution in [3.8, 4) is 0 Å². The van der Waals surface area contributed by atoms with E-state index in [0.717, 1.165) is 24.0 Å². The SMILES string of the molecule is C=C1[C@@H]([C@H](O)/C=C/CCC)c2ccccc2N1S(=O)(=O)c1ccc(C)cc1. The molecule has 142 valence electrons. The van der Waals surface area contributed by atoms with Crippen LogP contribution in [0.2, 0.25) is 0 Å². The molecule has 2 atom stereocenters. The molecule has 0 fully saturated rings. The van der Waals surface area contributed by atoms with Crippen molar-refractivity contribution >= 4 is 15.7 Å². The largest absolute Gasteiger partial charge is 0.388 e. The minimum atomic E-state index is -3.81. The second-order valence-electron chi connectivity index (χ2n) is 6.82. The van der Waals surface area contributed by atoms with Crippen LogP contribution >= 0.6 is 0 Å². The Hall–Kier alpha value is -2.37. The summed E-state index contributed by atoms with van der Waals surface area (Å²) < 4.78 is 27.9. The van der Waals surface area contributed by atoms with Gasteiger partial charge in [-0.25, -0.2) is 12.7 Å². The lowest BCUT2D eigenvalue weighted by molar-refractivity contribution is 0.205. The molecular formula is C22H25NO3S. The van der Waals surface area contributed by atoms with Crippen LogP contribution in [0.4, 0.5) is 5.69 Å². The molecule has 0 saturated carbocycles. The quantitative estimate of drug-likeness (QED) is 0.746. The highest BCUT2D eigenvalue weighted by atomic mass is 32.2. The number of anilines is 1. The fraction of sp³-hybridized carbons (Fsp3) is 0.273. The average molecular weight is 384 g/mol. The first-order chi connectivity index (χ1) is 12.9. The third kappa shape index (κ3) is 3.57. The van der Waals surface area contributed by atoms with Gasteiger partial charge in [0.05, 0.1) is 22.6 Å². The Morgan fingerprint density at radius 1 is 1.19 bits per heavy atom. The van der Waals surface area contributed by atoms with Crippen molar-refractivity contribution in [1.29, 1.82) is 0 Å². The van der Waals surface area contributed by atoms with Crippen LogP contribution in [-0.2, 0) is 10.0 Å². The monoisotopic (exact) mass is 383 g/mol. The number of sulfonamides is 1. The van der Waals surface area contributed by atoms with E-state index in [0.29, 0.717) is 11.4 Å². The first-order valence-electron chi connectivity index (χ1n) is 9.12. The summed E-state index contributed by atoms with van der Waals surface area (Å²) in [5, 5.41) is 10.7. The molecule has 0 spiro atoms. The third-order valence-electron chi connectivity index (χ3n) is 4.80. The molecule has 27 heavy (non-hydrogen) atoms.